The normalized spacial score (nSPS) is 19.8. The van der Waals surface area contributed by atoms with E-state index in [9.17, 15) is 14.4 Å². The molecule has 0 aromatic heterocycles. The van der Waals surface area contributed by atoms with E-state index in [4.69, 9.17) is 5.26 Å². The third-order valence-electron chi connectivity index (χ3n) is 4.88. The molecule has 4 heteroatoms. The predicted molar refractivity (Wildman–Crippen MR) is 96.4 cm³/mol. The smallest absolute Gasteiger partial charge is 0.151 e. The quantitative estimate of drug-likeness (QED) is 0.779. The van der Waals surface area contributed by atoms with E-state index in [0.29, 0.717) is 12.0 Å². The summed E-state index contributed by atoms with van der Waals surface area (Å²) >= 11 is 0. The molecule has 2 aromatic rings. The molecule has 130 valence electrons. The van der Waals surface area contributed by atoms with Gasteiger partial charge >= 0.3 is 0 Å². The minimum atomic E-state index is -1.10. The van der Waals surface area contributed by atoms with Gasteiger partial charge in [0.2, 0.25) is 0 Å². The minimum absolute atomic E-state index is 0.126. The second-order valence-corrected chi connectivity index (χ2v) is 6.66. The molecule has 1 aliphatic carbocycles. The van der Waals surface area contributed by atoms with Crippen molar-refractivity contribution in [2.75, 3.05) is 0 Å². The topological polar surface area (TPSA) is 75.0 Å². The van der Waals surface area contributed by atoms with Gasteiger partial charge in [-0.1, -0.05) is 42.5 Å². The van der Waals surface area contributed by atoms with E-state index in [0.717, 1.165) is 11.1 Å². The molecule has 0 amide bonds. The number of nitriles is 1. The second kappa shape index (κ2) is 7.88. The fourth-order valence-electron chi connectivity index (χ4n) is 3.45. The lowest BCUT2D eigenvalue weighted by Gasteiger charge is -2.26. The van der Waals surface area contributed by atoms with Crippen LogP contribution in [-0.4, -0.2) is 17.3 Å². The molecule has 1 fully saturated rings. The van der Waals surface area contributed by atoms with E-state index < -0.39 is 5.92 Å². The van der Waals surface area contributed by atoms with Crippen molar-refractivity contribution in [3.05, 3.63) is 71.3 Å². The van der Waals surface area contributed by atoms with Gasteiger partial charge in [0, 0.05) is 19.3 Å². The van der Waals surface area contributed by atoms with Crippen molar-refractivity contribution in [1.29, 1.82) is 5.26 Å². The van der Waals surface area contributed by atoms with Gasteiger partial charge in [0.05, 0.1) is 11.6 Å². The summed E-state index contributed by atoms with van der Waals surface area (Å²) in [4.78, 5) is 37.4. The highest BCUT2D eigenvalue weighted by molar-refractivity contribution is 6.21. The number of carbonyl (C=O) groups excluding carboxylic acids is 3. The molecule has 2 aromatic carbocycles. The summed E-state index contributed by atoms with van der Waals surface area (Å²) in [5, 5.41) is 8.80. The Morgan fingerprint density at radius 1 is 0.962 bits per heavy atom. The van der Waals surface area contributed by atoms with E-state index in [1.165, 1.54) is 0 Å². The highest BCUT2D eigenvalue weighted by atomic mass is 16.2. The minimum Gasteiger partial charge on any atom is -0.298 e. The van der Waals surface area contributed by atoms with E-state index in [2.05, 4.69) is 0 Å². The predicted octanol–water partition coefficient (Wildman–Crippen LogP) is 3.39. The first-order valence-electron chi connectivity index (χ1n) is 8.70. The lowest BCUT2D eigenvalue weighted by atomic mass is 9.74. The molecule has 26 heavy (non-hydrogen) atoms. The Kier molecular flexibility index (Phi) is 5.38. The summed E-state index contributed by atoms with van der Waals surface area (Å²) in [6, 6.07) is 18.5. The van der Waals surface area contributed by atoms with Crippen molar-refractivity contribution in [1.82, 2.24) is 0 Å². The fourth-order valence-corrected chi connectivity index (χ4v) is 3.45. The number of rotatable bonds is 5. The molecular formula is C22H19NO3. The average Bonchev–Trinajstić information content (AvgIpc) is 2.67. The lowest BCUT2D eigenvalue weighted by Crippen LogP contribution is -2.38. The van der Waals surface area contributed by atoms with Crippen molar-refractivity contribution in [2.24, 2.45) is 5.92 Å². The molecule has 0 unspecified atom stereocenters. The molecule has 0 radical (unpaired) electrons. The molecule has 3 rings (SSSR count). The number of hydrogen-bond donors (Lipinski definition) is 0. The summed E-state index contributed by atoms with van der Waals surface area (Å²) in [6.07, 6.45) is 1.10. The maximum Gasteiger partial charge on any atom is 0.151 e. The molecule has 0 bridgehead atoms. The van der Waals surface area contributed by atoms with Crippen LogP contribution < -0.4 is 0 Å². The van der Waals surface area contributed by atoms with Gasteiger partial charge in [-0.3, -0.25) is 14.4 Å². The van der Waals surface area contributed by atoms with Gasteiger partial charge in [0.15, 0.2) is 17.3 Å². The first-order valence-corrected chi connectivity index (χ1v) is 8.70. The summed E-state index contributed by atoms with van der Waals surface area (Å²) in [7, 11) is 0. The third kappa shape index (κ3) is 3.94. The zero-order chi connectivity index (χ0) is 18.5. The molecule has 0 aliphatic heterocycles. The number of nitrogens with zero attached hydrogens (tertiary/aromatic N) is 1. The van der Waals surface area contributed by atoms with Crippen molar-refractivity contribution >= 4 is 17.3 Å². The van der Waals surface area contributed by atoms with E-state index in [-0.39, 0.29) is 42.5 Å². The fraction of sp³-hybridized carbons (Fsp3) is 0.273. The first-order chi connectivity index (χ1) is 12.6. The molecule has 0 N–H and O–H groups in total. The van der Waals surface area contributed by atoms with Gasteiger partial charge in [-0.25, -0.2) is 0 Å². The Labute approximate surface area is 152 Å². The molecule has 0 saturated heterocycles. The third-order valence-corrected chi connectivity index (χ3v) is 4.88. The highest BCUT2D eigenvalue weighted by Crippen LogP contribution is 2.32. The zero-order valence-corrected chi connectivity index (χ0v) is 14.4. The van der Waals surface area contributed by atoms with Gasteiger partial charge in [0.1, 0.15) is 5.92 Å². The number of aryl methyl sites for hydroxylation is 1. The zero-order valence-electron chi connectivity index (χ0n) is 14.4. The maximum atomic E-state index is 12.5. The molecular weight excluding hydrogens is 326 g/mol. The second-order valence-electron chi connectivity index (χ2n) is 6.66. The number of Topliss-reactive ketones (excluding diaryl/α,β-unsaturated/α-hetero) is 3. The molecule has 1 saturated carbocycles. The number of benzene rings is 2. The van der Waals surface area contributed by atoms with Crippen molar-refractivity contribution in [2.45, 2.75) is 31.6 Å². The van der Waals surface area contributed by atoms with E-state index in [1.54, 1.807) is 24.3 Å². The van der Waals surface area contributed by atoms with Crippen LogP contribution in [0.1, 0.15) is 41.9 Å². The summed E-state index contributed by atoms with van der Waals surface area (Å²) < 4.78 is 0. The average molecular weight is 345 g/mol. The Hall–Kier alpha value is -3.06. The summed E-state index contributed by atoms with van der Waals surface area (Å²) in [6.45, 7) is 0. The van der Waals surface area contributed by atoms with Crippen LogP contribution in [0.25, 0.3) is 0 Å². The standard InChI is InChI=1S/C22H19NO3/c23-14-16-8-6-15(7-9-16)10-11-19(24)22-20(25)12-18(13-21(22)26)17-4-2-1-3-5-17/h1-9,18,22H,10-13H2. The van der Waals surface area contributed by atoms with Crippen LogP contribution >= 0.6 is 0 Å². The first kappa shape index (κ1) is 17.8. The SMILES string of the molecule is N#Cc1ccc(CCC(=O)C2C(=O)CC(c3ccccc3)CC2=O)cc1. The lowest BCUT2D eigenvalue weighted by molar-refractivity contribution is -0.142. The van der Waals surface area contributed by atoms with E-state index in [1.807, 2.05) is 36.4 Å². The van der Waals surface area contributed by atoms with Crippen LogP contribution in [0, 0.1) is 17.2 Å². The summed E-state index contributed by atoms with van der Waals surface area (Å²) in [5.41, 5.74) is 2.44. The maximum absolute atomic E-state index is 12.5. The number of ketones is 3. The molecule has 1 aliphatic rings. The van der Waals surface area contributed by atoms with Crippen LogP contribution in [0.4, 0.5) is 0 Å². The van der Waals surface area contributed by atoms with Crippen LogP contribution in [0.15, 0.2) is 54.6 Å². The molecule has 4 nitrogen and oxygen atoms in total. The van der Waals surface area contributed by atoms with Crippen LogP contribution in [0.3, 0.4) is 0 Å². The Morgan fingerprint density at radius 3 is 2.15 bits per heavy atom. The number of carbonyl (C=O) groups is 3. The van der Waals surface area contributed by atoms with Crippen molar-refractivity contribution in [3.63, 3.8) is 0 Å². The molecule has 0 heterocycles. The molecule has 0 spiro atoms. The van der Waals surface area contributed by atoms with Gasteiger partial charge < -0.3 is 0 Å². The van der Waals surface area contributed by atoms with Crippen LogP contribution in [0.5, 0.6) is 0 Å². The van der Waals surface area contributed by atoms with Gasteiger partial charge in [-0.15, -0.1) is 0 Å². The largest absolute Gasteiger partial charge is 0.298 e. The Balaban J connectivity index is 1.62. The van der Waals surface area contributed by atoms with Crippen LogP contribution in [0.2, 0.25) is 0 Å². The van der Waals surface area contributed by atoms with E-state index >= 15 is 0 Å². The summed E-state index contributed by atoms with van der Waals surface area (Å²) in [5.74, 6) is -2.05. The van der Waals surface area contributed by atoms with Gasteiger partial charge in [-0.05, 0) is 35.6 Å². The van der Waals surface area contributed by atoms with Gasteiger partial charge in [0.25, 0.3) is 0 Å². The highest BCUT2D eigenvalue weighted by Gasteiger charge is 2.39. The Morgan fingerprint density at radius 2 is 1.58 bits per heavy atom. The van der Waals surface area contributed by atoms with Crippen LogP contribution in [-0.2, 0) is 20.8 Å². The molecule has 0 atom stereocenters. The number of hydrogen-bond acceptors (Lipinski definition) is 4. The Bertz CT molecular complexity index is 845. The monoisotopic (exact) mass is 345 g/mol. The van der Waals surface area contributed by atoms with Gasteiger partial charge in [-0.2, -0.15) is 5.26 Å². The van der Waals surface area contributed by atoms with Crippen molar-refractivity contribution in [3.8, 4) is 6.07 Å². The van der Waals surface area contributed by atoms with Crippen molar-refractivity contribution < 1.29 is 14.4 Å².